The van der Waals surface area contributed by atoms with E-state index in [-0.39, 0.29) is 0 Å². The number of nitrogens with zero attached hydrogens (tertiary/aromatic N) is 3. The summed E-state index contributed by atoms with van der Waals surface area (Å²) >= 11 is 1.81. The van der Waals surface area contributed by atoms with Crippen LogP contribution in [-0.4, -0.2) is 15.0 Å². The molecule has 2 aliphatic carbocycles. The highest BCUT2D eigenvalue weighted by Crippen LogP contribution is 2.61. The van der Waals surface area contributed by atoms with Crippen molar-refractivity contribution in [2.24, 2.45) is 0 Å². The van der Waals surface area contributed by atoms with E-state index in [0.29, 0.717) is 17.5 Å². The summed E-state index contributed by atoms with van der Waals surface area (Å²) in [5.74, 6) is 1.93. The second kappa shape index (κ2) is 13.6. The maximum atomic E-state index is 5.45. The van der Waals surface area contributed by atoms with Gasteiger partial charge in [0.1, 0.15) is 0 Å². The molecule has 0 amide bonds. The molecule has 11 aromatic rings. The summed E-state index contributed by atoms with van der Waals surface area (Å²) in [5, 5.41) is 2.38. The lowest BCUT2D eigenvalue weighted by Crippen LogP contribution is -2.29. The number of benzene rings is 9. The molecule has 4 heteroatoms. The van der Waals surface area contributed by atoms with Crippen LogP contribution in [0.1, 0.15) is 22.3 Å². The van der Waals surface area contributed by atoms with E-state index in [1.165, 1.54) is 75.8 Å². The van der Waals surface area contributed by atoms with Crippen LogP contribution in [0.3, 0.4) is 0 Å². The van der Waals surface area contributed by atoms with Gasteiger partial charge in [0.05, 0.1) is 5.41 Å². The lowest BCUT2D eigenvalue weighted by Gasteiger charge is -2.35. The Kier molecular flexibility index (Phi) is 7.69. The van der Waals surface area contributed by atoms with Crippen molar-refractivity contribution in [2.45, 2.75) is 5.41 Å². The van der Waals surface area contributed by atoms with E-state index < -0.39 is 5.41 Å². The second-order valence-electron chi connectivity index (χ2n) is 16.2. The van der Waals surface area contributed by atoms with E-state index in [4.69, 9.17) is 15.0 Å². The van der Waals surface area contributed by atoms with Crippen molar-refractivity contribution in [3.63, 3.8) is 0 Å². The molecule has 2 heterocycles. The van der Waals surface area contributed by atoms with Gasteiger partial charge in [0, 0.05) is 36.9 Å². The highest BCUT2D eigenvalue weighted by Gasteiger charge is 2.49. The maximum Gasteiger partial charge on any atom is 0.164 e. The molecule has 0 bridgehead atoms. The Morgan fingerprint density at radius 2 is 0.758 bits per heavy atom. The fourth-order valence-corrected chi connectivity index (χ4v) is 11.5. The van der Waals surface area contributed by atoms with Crippen LogP contribution in [0.4, 0.5) is 0 Å². The average molecular weight is 806 g/mol. The van der Waals surface area contributed by atoms with Crippen molar-refractivity contribution in [3.8, 4) is 78.7 Å². The highest BCUT2D eigenvalue weighted by molar-refractivity contribution is 7.25. The van der Waals surface area contributed by atoms with Gasteiger partial charge in [-0.2, -0.15) is 0 Å². The van der Waals surface area contributed by atoms with Crippen molar-refractivity contribution < 1.29 is 0 Å². The first-order valence-corrected chi connectivity index (χ1v) is 21.9. The van der Waals surface area contributed by atoms with Gasteiger partial charge in [0.15, 0.2) is 17.5 Å². The number of hydrogen-bond donors (Lipinski definition) is 0. The first-order chi connectivity index (χ1) is 30.7. The summed E-state index contributed by atoms with van der Waals surface area (Å²) in [5.41, 5.74) is 17.0. The Labute approximate surface area is 363 Å². The molecule has 2 aliphatic rings. The van der Waals surface area contributed by atoms with Gasteiger partial charge in [-0.05, 0) is 91.0 Å². The van der Waals surface area contributed by atoms with Crippen molar-refractivity contribution in [1.82, 2.24) is 15.0 Å². The summed E-state index contributed by atoms with van der Waals surface area (Å²) in [6.07, 6.45) is 0. The predicted molar refractivity (Wildman–Crippen MR) is 256 cm³/mol. The minimum Gasteiger partial charge on any atom is -0.208 e. The maximum absolute atomic E-state index is 5.45. The molecule has 0 unspecified atom stereocenters. The molecule has 0 saturated carbocycles. The minimum atomic E-state index is -0.613. The summed E-state index contributed by atoms with van der Waals surface area (Å²) in [6.45, 7) is 0. The van der Waals surface area contributed by atoms with Crippen LogP contribution in [0, 0.1) is 0 Å². The summed E-state index contributed by atoms with van der Waals surface area (Å²) in [4.78, 5) is 16.2. The first kappa shape index (κ1) is 35.0. The van der Waals surface area contributed by atoms with Gasteiger partial charge >= 0.3 is 0 Å². The molecule has 62 heavy (non-hydrogen) atoms. The zero-order chi connectivity index (χ0) is 40.8. The molecule has 3 nitrogen and oxygen atoms in total. The molecule has 0 saturated heterocycles. The lowest BCUT2D eigenvalue weighted by atomic mass is 9.66. The summed E-state index contributed by atoms with van der Waals surface area (Å²) in [6, 6.07) is 77.0. The van der Waals surface area contributed by atoms with Gasteiger partial charge < -0.3 is 0 Å². The third kappa shape index (κ3) is 5.08. The van der Waals surface area contributed by atoms with Crippen molar-refractivity contribution in [2.75, 3.05) is 0 Å². The van der Waals surface area contributed by atoms with E-state index in [9.17, 15) is 0 Å². The van der Waals surface area contributed by atoms with Crippen LogP contribution in [-0.2, 0) is 5.41 Å². The fourth-order valence-electron chi connectivity index (χ4n) is 10.4. The van der Waals surface area contributed by atoms with Crippen molar-refractivity contribution in [3.05, 3.63) is 235 Å². The molecular weight excluding hydrogens is 771 g/mol. The zero-order valence-corrected chi connectivity index (χ0v) is 34.3. The van der Waals surface area contributed by atoms with Gasteiger partial charge in [-0.1, -0.05) is 188 Å². The third-order valence-electron chi connectivity index (χ3n) is 13.0. The smallest absolute Gasteiger partial charge is 0.164 e. The number of hydrogen-bond acceptors (Lipinski definition) is 4. The van der Waals surface area contributed by atoms with Crippen molar-refractivity contribution in [1.29, 1.82) is 0 Å². The number of thiophene rings is 1. The van der Waals surface area contributed by atoms with Gasteiger partial charge in [-0.15, -0.1) is 11.3 Å². The largest absolute Gasteiger partial charge is 0.208 e. The van der Waals surface area contributed by atoms with Crippen LogP contribution in [0.2, 0.25) is 0 Å². The Balaban J connectivity index is 1.09. The molecule has 13 rings (SSSR count). The van der Waals surface area contributed by atoms with E-state index >= 15 is 0 Å². The fraction of sp³-hybridized carbons (Fsp3) is 0.0172. The molecule has 0 N–H and O–H groups in total. The SMILES string of the molecule is c1ccc(-c2cccc(-c3nc(-c4ccc5c(c4)C4(c6ccccc6-c6ccccc6-c6ccccc64)c4ccccc4-5)nc(-c4cccc5sc6ccccc6c45)n3)c2)cc1. The lowest BCUT2D eigenvalue weighted by molar-refractivity contribution is 0.775. The quantitative estimate of drug-likeness (QED) is 0.178. The molecule has 1 spiro atoms. The van der Waals surface area contributed by atoms with E-state index in [2.05, 4.69) is 212 Å². The van der Waals surface area contributed by atoms with E-state index in [1.54, 1.807) is 11.3 Å². The Morgan fingerprint density at radius 3 is 1.45 bits per heavy atom. The molecular formula is C58H35N3S. The summed E-state index contributed by atoms with van der Waals surface area (Å²) in [7, 11) is 0. The van der Waals surface area contributed by atoms with Crippen LogP contribution < -0.4 is 0 Å². The highest BCUT2D eigenvalue weighted by atomic mass is 32.1. The summed E-state index contributed by atoms with van der Waals surface area (Å²) < 4.78 is 2.46. The molecule has 2 aromatic heterocycles. The zero-order valence-electron chi connectivity index (χ0n) is 33.5. The first-order valence-electron chi connectivity index (χ1n) is 21.1. The monoisotopic (exact) mass is 805 g/mol. The average Bonchev–Trinajstić information content (AvgIpc) is 3.84. The molecule has 0 radical (unpaired) electrons. The number of fused-ring (bicyclic) bond motifs is 15. The number of rotatable bonds is 4. The molecule has 0 atom stereocenters. The van der Waals surface area contributed by atoms with Crippen LogP contribution in [0.25, 0.3) is 98.8 Å². The van der Waals surface area contributed by atoms with Crippen molar-refractivity contribution >= 4 is 31.5 Å². The number of aromatic nitrogens is 3. The molecule has 0 fully saturated rings. The Bertz CT molecular complexity index is 3540. The van der Waals surface area contributed by atoms with Gasteiger partial charge in [0.2, 0.25) is 0 Å². The van der Waals surface area contributed by atoms with Gasteiger partial charge in [0.25, 0.3) is 0 Å². The predicted octanol–water partition coefficient (Wildman–Crippen LogP) is 14.9. The standard InChI is InChI=1S/C58H35N3S/c1-2-16-36(17-3-1)37-18-14-19-38(34-37)55-59-56(61-57(60-55)47-26-15-31-53-54(47)46-25-9-13-30-52(46)62-53)39-32-33-45-44-24-8-12-29-50(44)58(51(45)35-39)48-27-10-6-22-42(48)40-20-4-5-21-41(40)43-23-7-11-28-49(43)58/h1-35H. The third-order valence-corrected chi connectivity index (χ3v) is 14.1. The van der Waals surface area contributed by atoms with E-state index in [1.807, 2.05) is 0 Å². The van der Waals surface area contributed by atoms with Crippen LogP contribution in [0.15, 0.2) is 212 Å². The topological polar surface area (TPSA) is 38.7 Å². The normalized spacial score (nSPS) is 13.0. The van der Waals surface area contributed by atoms with Crippen LogP contribution in [0.5, 0.6) is 0 Å². The van der Waals surface area contributed by atoms with Crippen LogP contribution >= 0.6 is 11.3 Å². The van der Waals surface area contributed by atoms with E-state index in [0.717, 1.165) is 27.8 Å². The molecule has 288 valence electrons. The Hall–Kier alpha value is -7.79. The van der Waals surface area contributed by atoms with Gasteiger partial charge in [-0.3, -0.25) is 0 Å². The minimum absolute atomic E-state index is 0.613. The molecule has 9 aromatic carbocycles. The molecule has 0 aliphatic heterocycles. The Morgan fingerprint density at radius 1 is 0.290 bits per heavy atom. The van der Waals surface area contributed by atoms with Gasteiger partial charge in [-0.25, -0.2) is 15.0 Å². The second-order valence-corrected chi connectivity index (χ2v) is 17.3.